The van der Waals surface area contributed by atoms with Crippen LogP contribution in [0.25, 0.3) is 0 Å². The van der Waals surface area contributed by atoms with Crippen molar-refractivity contribution < 1.29 is 4.79 Å². The van der Waals surface area contributed by atoms with Gasteiger partial charge in [-0.1, -0.05) is 18.5 Å². The zero-order chi connectivity index (χ0) is 15.3. The lowest BCUT2D eigenvalue weighted by molar-refractivity contribution is -0.116. The summed E-state index contributed by atoms with van der Waals surface area (Å²) in [7, 11) is 2.03. The van der Waals surface area contributed by atoms with E-state index in [1.54, 1.807) is 18.2 Å². The smallest absolute Gasteiger partial charge is 0.225 e. The fourth-order valence-electron chi connectivity index (χ4n) is 1.69. The van der Waals surface area contributed by atoms with Crippen LogP contribution in [0.15, 0.2) is 18.2 Å². The van der Waals surface area contributed by atoms with Crippen molar-refractivity contribution >= 4 is 28.9 Å². The maximum absolute atomic E-state index is 12.0. The summed E-state index contributed by atoms with van der Waals surface area (Å²) >= 11 is 5.89. The van der Waals surface area contributed by atoms with E-state index in [0.717, 1.165) is 6.42 Å². The van der Waals surface area contributed by atoms with E-state index in [-0.39, 0.29) is 11.4 Å². The fourth-order valence-corrected chi connectivity index (χ4v) is 1.86. The third kappa shape index (κ3) is 4.69. The highest BCUT2D eigenvalue weighted by Crippen LogP contribution is 2.23. The number of carbonyl (C=O) groups is 1. The van der Waals surface area contributed by atoms with Crippen LogP contribution >= 0.6 is 11.6 Å². The number of hydrogen-bond donors (Lipinski definition) is 2. The van der Waals surface area contributed by atoms with E-state index in [1.165, 1.54) is 0 Å². The van der Waals surface area contributed by atoms with Gasteiger partial charge < -0.3 is 16.0 Å². The summed E-state index contributed by atoms with van der Waals surface area (Å²) in [6.07, 6.45) is 1.46. The summed E-state index contributed by atoms with van der Waals surface area (Å²) < 4.78 is 0. The fraction of sp³-hybridized carbons (Fsp3) is 0.533. The number of nitrogen functional groups attached to an aromatic ring is 1. The van der Waals surface area contributed by atoms with Crippen LogP contribution in [0.4, 0.5) is 11.4 Å². The molecule has 0 aliphatic rings. The quantitative estimate of drug-likeness (QED) is 0.792. The van der Waals surface area contributed by atoms with E-state index in [1.807, 2.05) is 7.05 Å². The lowest BCUT2D eigenvalue weighted by Gasteiger charge is -2.34. The number of rotatable bonds is 6. The van der Waals surface area contributed by atoms with Crippen LogP contribution in [-0.4, -0.2) is 29.9 Å². The lowest BCUT2D eigenvalue weighted by atomic mass is 10.00. The first kappa shape index (κ1) is 16.8. The monoisotopic (exact) mass is 297 g/mol. The van der Waals surface area contributed by atoms with Gasteiger partial charge in [-0.3, -0.25) is 4.79 Å². The Morgan fingerprint density at radius 2 is 2.10 bits per heavy atom. The highest BCUT2D eigenvalue weighted by molar-refractivity contribution is 6.31. The number of amides is 1. The third-order valence-electron chi connectivity index (χ3n) is 3.86. The summed E-state index contributed by atoms with van der Waals surface area (Å²) in [5.74, 6) is -0.0577. The van der Waals surface area contributed by atoms with Crippen molar-refractivity contribution in [3.8, 4) is 0 Å². The second-order valence-electron chi connectivity index (χ2n) is 5.62. The number of nitrogens with zero attached hydrogens (tertiary/aromatic N) is 1. The van der Waals surface area contributed by atoms with E-state index in [9.17, 15) is 4.79 Å². The topological polar surface area (TPSA) is 58.4 Å². The van der Waals surface area contributed by atoms with Gasteiger partial charge in [0.1, 0.15) is 0 Å². The molecule has 0 saturated heterocycles. The average molecular weight is 298 g/mol. The number of nitrogens with two attached hydrogens (primary N) is 1. The van der Waals surface area contributed by atoms with Crippen LogP contribution in [0.2, 0.25) is 5.02 Å². The number of anilines is 2. The Labute approximate surface area is 126 Å². The Morgan fingerprint density at radius 1 is 1.45 bits per heavy atom. The van der Waals surface area contributed by atoms with Gasteiger partial charge >= 0.3 is 0 Å². The predicted molar refractivity (Wildman–Crippen MR) is 86.1 cm³/mol. The molecule has 0 heterocycles. The molecular formula is C15H24ClN3O. The molecule has 0 radical (unpaired) electrons. The van der Waals surface area contributed by atoms with Gasteiger partial charge in [0.05, 0.1) is 11.4 Å². The molecular weight excluding hydrogens is 274 g/mol. The van der Waals surface area contributed by atoms with Gasteiger partial charge in [-0.15, -0.1) is 0 Å². The average Bonchev–Trinajstić information content (AvgIpc) is 2.40. The Hall–Kier alpha value is -1.26. The molecule has 0 aliphatic carbocycles. The largest absolute Gasteiger partial charge is 0.397 e. The minimum atomic E-state index is -0.0577. The number of hydrogen-bond acceptors (Lipinski definition) is 3. The molecule has 1 amide bonds. The first-order valence-corrected chi connectivity index (χ1v) is 7.20. The van der Waals surface area contributed by atoms with Crippen molar-refractivity contribution in [3.05, 3.63) is 23.2 Å². The summed E-state index contributed by atoms with van der Waals surface area (Å²) in [4.78, 5) is 14.1. The van der Waals surface area contributed by atoms with Crippen LogP contribution in [-0.2, 0) is 4.79 Å². The molecule has 0 spiro atoms. The summed E-state index contributed by atoms with van der Waals surface area (Å²) in [6, 6.07) is 5.04. The Bertz CT molecular complexity index is 474. The molecule has 0 unspecified atom stereocenters. The van der Waals surface area contributed by atoms with E-state index < -0.39 is 0 Å². The van der Waals surface area contributed by atoms with Crippen molar-refractivity contribution in [1.29, 1.82) is 0 Å². The molecule has 3 N–H and O–H groups in total. The Balaban J connectivity index is 2.54. The Morgan fingerprint density at radius 3 is 2.70 bits per heavy atom. The highest BCUT2D eigenvalue weighted by atomic mass is 35.5. The van der Waals surface area contributed by atoms with Crippen molar-refractivity contribution in [2.24, 2.45) is 0 Å². The van der Waals surface area contributed by atoms with E-state index >= 15 is 0 Å². The van der Waals surface area contributed by atoms with E-state index in [4.69, 9.17) is 17.3 Å². The van der Waals surface area contributed by atoms with Gasteiger partial charge in [0.15, 0.2) is 0 Å². The molecule has 0 saturated carbocycles. The van der Waals surface area contributed by atoms with Gasteiger partial charge in [0, 0.05) is 23.5 Å². The SMILES string of the molecule is CCC(C)(C)N(C)CCC(=O)Nc1cc(Cl)ccc1N. The van der Waals surface area contributed by atoms with Crippen LogP contribution < -0.4 is 11.1 Å². The van der Waals surface area contributed by atoms with Crippen LogP contribution in [0, 0.1) is 0 Å². The van der Waals surface area contributed by atoms with Crippen LogP contribution in [0.1, 0.15) is 33.6 Å². The molecule has 0 aliphatic heterocycles. The zero-order valence-corrected chi connectivity index (χ0v) is 13.4. The first-order chi connectivity index (χ1) is 9.26. The van der Waals surface area contributed by atoms with Gasteiger partial charge in [-0.05, 0) is 45.5 Å². The van der Waals surface area contributed by atoms with Crippen molar-refractivity contribution in [2.45, 2.75) is 39.2 Å². The molecule has 5 heteroatoms. The first-order valence-electron chi connectivity index (χ1n) is 6.82. The summed E-state index contributed by atoms with van der Waals surface area (Å²) in [5.41, 5.74) is 6.98. The number of halogens is 1. The molecule has 0 fully saturated rings. The van der Waals surface area contributed by atoms with Crippen molar-refractivity contribution in [3.63, 3.8) is 0 Å². The minimum Gasteiger partial charge on any atom is -0.397 e. The molecule has 0 aromatic heterocycles. The number of benzene rings is 1. The standard InChI is InChI=1S/C15H24ClN3O/c1-5-15(2,3)19(4)9-8-14(20)18-13-10-11(16)6-7-12(13)17/h6-7,10H,5,8-9,17H2,1-4H3,(H,18,20). The maximum Gasteiger partial charge on any atom is 0.225 e. The second kappa shape index (κ2) is 6.95. The molecule has 1 aromatic carbocycles. The van der Waals surface area contributed by atoms with Gasteiger partial charge in [-0.25, -0.2) is 0 Å². The number of nitrogens with one attached hydrogen (secondary N) is 1. The normalized spacial score (nSPS) is 11.7. The molecule has 0 atom stereocenters. The van der Waals surface area contributed by atoms with E-state index in [0.29, 0.717) is 29.4 Å². The zero-order valence-electron chi connectivity index (χ0n) is 12.7. The molecule has 112 valence electrons. The lowest BCUT2D eigenvalue weighted by Crippen LogP contribution is -2.41. The van der Waals surface area contributed by atoms with Crippen molar-refractivity contribution in [1.82, 2.24) is 4.90 Å². The van der Waals surface area contributed by atoms with Crippen molar-refractivity contribution in [2.75, 3.05) is 24.6 Å². The third-order valence-corrected chi connectivity index (χ3v) is 4.10. The summed E-state index contributed by atoms with van der Waals surface area (Å²) in [5, 5.41) is 3.36. The summed E-state index contributed by atoms with van der Waals surface area (Å²) in [6.45, 7) is 7.18. The van der Waals surface area contributed by atoms with E-state index in [2.05, 4.69) is 31.0 Å². The van der Waals surface area contributed by atoms with Crippen LogP contribution in [0.5, 0.6) is 0 Å². The molecule has 4 nitrogen and oxygen atoms in total. The molecule has 1 rings (SSSR count). The second-order valence-corrected chi connectivity index (χ2v) is 6.05. The molecule has 0 bridgehead atoms. The van der Waals surface area contributed by atoms with Gasteiger partial charge in [0.25, 0.3) is 0 Å². The molecule has 20 heavy (non-hydrogen) atoms. The van der Waals surface area contributed by atoms with Gasteiger partial charge in [-0.2, -0.15) is 0 Å². The predicted octanol–water partition coefficient (Wildman–Crippen LogP) is 3.37. The minimum absolute atomic E-state index is 0.0577. The molecule has 1 aromatic rings. The number of carbonyl (C=O) groups excluding carboxylic acids is 1. The van der Waals surface area contributed by atoms with Gasteiger partial charge in [0.2, 0.25) is 5.91 Å². The Kier molecular flexibility index (Phi) is 5.84. The highest BCUT2D eigenvalue weighted by Gasteiger charge is 2.21. The maximum atomic E-state index is 12.0. The van der Waals surface area contributed by atoms with Crippen LogP contribution in [0.3, 0.4) is 0 Å².